The zero-order chi connectivity index (χ0) is 10.5. The van der Waals surface area contributed by atoms with Gasteiger partial charge in [0.1, 0.15) is 12.7 Å². The van der Waals surface area contributed by atoms with Gasteiger partial charge in [-0.05, 0) is 22.5 Å². The highest BCUT2D eigenvalue weighted by Crippen LogP contribution is 2.68. The normalized spacial score (nSPS) is 20.6. The summed E-state index contributed by atoms with van der Waals surface area (Å²) in [5, 5.41) is 0. The highest BCUT2D eigenvalue weighted by molar-refractivity contribution is 7.96. The first-order valence-corrected chi connectivity index (χ1v) is 8.52. The molecule has 0 spiro atoms. The number of methoxy groups -OCH3 is 2. The molecule has 80 valence electrons. The van der Waals surface area contributed by atoms with E-state index in [1.54, 1.807) is 0 Å². The molecule has 0 heterocycles. The molecule has 13 heavy (non-hydrogen) atoms. The third-order valence-electron chi connectivity index (χ3n) is 0.810. The molecule has 0 amide bonds. The first-order chi connectivity index (χ1) is 5.83. The predicted octanol–water partition coefficient (Wildman–Crippen LogP) is 3.07. The van der Waals surface area contributed by atoms with E-state index in [2.05, 4.69) is 13.8 Å². The van der Waals surface area contributed by atoms with E-state index < -0.39 is 13.4 Å². The van der Waals surface area contributed by atoms with Crippen molar-refractivity contribution in [1.29, 1.82) is 0 Å². The molecular weight excluding hydrogens is 261 g/mol. The standard InChI is InChI=1S/C4H10Cl2O5P2/c1-9-3-12(5,7)11-13(6,8)4-10-2/h3-4H2,1-2H3/t12-,13-/m1/s1. The lowest BCUT2D eigenvalue weighted by molar-refractivity contribution is 0.233. The average molecular weight is 271 g/mol. The largest absolute Gasteiger partial charge is 0.373 e. The van der Waals surface area contributed by atoms with E-state index in [4.69, 9.17) is 22.5 Å². The van der Waals surface area contributed by atoms with Crippen molar-refractivity contribution in [1.82, 2.24) is 0 Å². The van der Waals surface area contributed by atoms with Gasteiger partial charge >= 0.3 is 13.4 Å². The highest BCUT2D eigenvalue weighted by Gasteiger charge is 2.31. The monoisotopic (exact) mass is 270 g/mol. The quantitative estimate of drug-likeness (QED) is 0.694. The summed E-state index contributed by atoms with van der Waals surface area (Å²) in [5.74, 6) is 0. The molecular formula is C4H10Cl2O5P2. The topological polar surface area (TPSA) is 61.8 Å². The second-order valence-corrected chi connectivity index (χ2v) is 8.72. The molecule has 0 unspecified atom stereocenters. The van der Waals surface area contributed by atoms with Gasteiger partial charge in [-0.25, -0.2) is 4.31 Å². The molecule has 0 aliphatic carbocycles. The number of ether oxygens (including phenoxy) is 2. The Morgan fingerprint density at radius 2 is 1.31 bits per heavy atom. The fourth-order valence-corrected chi connectivity index (χ4v) is 5.65. The van der Waals surface area contributed by atoms with Gasteiger partial charge in [0.2, 0.25) is 0 Å². The van der Waals surface area contributed by atoms with E-state index in [-0.39, 0.29) is 12.7 Å². The van der Waals surface area contributed by atoms with Crippen LogP contribution in [0.15, 0.2) is 0 Å². The predicted molar refractivity (Wildman–Crippen MR) is 51.8 cm³/mol. The van der Waals surface area contributed by atoms with E-state index >= 15 is 0 Å². The van der Waals surface area contributed by atoms with Crippen LogP contribution in [0.25, 0.3) is 0 Å². The van der Waals surface area contributed by atoms with E-state index in [9.17, 15) is 9.13 Å². The van der Waals surface area contributed by atoms with Crippen LogP contribution in [0, 0.1) is 0 Å². The molecule has 0 saturated carbocycles. The Morgan fingerprint density at radius 3 is 1.54 bits per heavy atom. The van der Waals surface area contributed by atoms with Gasteiger partial charge in [0, 0.05) is 14.2 Å². The Hall–Kier alpha value is 0.920. The molecule has 0 aliphatic heterocycles. The third-order valence-corrected chi connectivity index (χ3v) is 5.59. The van der Waals surface area contributed by atoms with Crippen LogP contribution >= 0.6 is 35.9 Å². The van der Waals surface area contributed by atoms with Crippen molar-refractivity contribution >= 4 is 35.9 Å². The van der Waals surface area contributed by atoms with Gasteiger partial charge < -0.3 is 9.47 Å². The minimum Gasteiger partial charge on any atom is -0.373 e. The highest BCUT2D eigenvalue weighted by atomic mass is 35.7. The smallest absolute Gasteiger partial charge is 0.321 e. The second kappa shape index (κ2) is 5.72. The summed E-state index contributed by atoms with van der Waals surface area (Å²) in [5.41, 5.74) is 0. The first kappa shape index (κ1) is 13.9. The summed E-state index contributed by atoms with van der Waals surface area (Å²) < 4.78 is 35.9. The summed E-state index contributed by atoms with van der Waals surface area (Å²) in [6.07, 6.45) is -0.704. The van der Waals surface area contributed by atoms with Gasteiger partial charge in [0.15, 0.2) is 0 Å². The minimum absolute atomic E-state index is 0.352. The van der Waals surface area contributed by atoms with Crippen LogP contribution in [-0.4, -0.2) is 26.9 Å². The first-order valence-electron chi connectivity index (χ1n) is 3.09. The van der Waals surface area contributed by atoms with Gasteiger partial charge in [-0.2, -0.15) is 0 Å². The molecule has 0 fully saturated rings. The number of hydrogen-bond donors (Lipinski definition) is 0. The van der Waals surface area contributed by atoms with Crippen LogP contribution in [0.2, 0.25) is 0 Å². The van der Waals surface area contributed by atoms with Crippen LogP contribution in [0.4, 0.5) is 0 Å². The van der Waals surface area contributed by atoms with Crippen molar-refractivity contribution in [3.63, 3.8) is 0 Å². The second-order valence-electron chi connectivity index (χ2n) is 2.10. The molecule has 0 N–H and O–H groups in total. The van der Waals surface area contributed by atoms with Gasteiger partial charge in [-0.15, -0.1) is 0 Å². The SMILES string of the molecule is COC[P@](=O)(Cl)O[P@@](=O)(Cl)COC. The van der Waals surface area contributed by atoms with Crippen LogP contribution in [0.5, 0.6) is 0 Å². The van der Waals surface area contributed by atoms with Crippen molar-refractivity contribution in [2.75, 3.05) is 26.9 Å². The maximum absolute atomic E-state index is 11.2. The number of rotatable bonds is 6. The molecule has 0 bridgehead atoms. The Bertz CT molecular complexity index is 221. The summed E-state index contributed by atoms with van der Waals surface area (Å²) in [6.45, 7) is -7.14. The third kappa shape index (κ3) is 6.92. The lowest BCUT2D eigenvalue weighted by Gasteiger charge is -2.14. The number of halogens is 2. The van der Waals surface area contributed by atoms with Crippen molar-refractivity contribution in [2.45, 2.75) is 0 Å². The Morgan fingerprint density at radius 1 is 1.00 bits per heavy atom. The average Bonchev–Trinajstić information content (AvgIpc) is 1.82. The molecule has 0 aromatic carbocycles. The van der Waals surface area contributed by atoms with Crippen molar-refractivity contribution in [3.8, 4) is 0 Å². The summed E-state index contributed by atoms with van der Waals surface area (Å²) in [7, 11) is 2.57. The van der Waals surface area contributed by atoms with Crippen LogP contribution in [0.1, 0.15) is 0 Å². The molecule has 0 aromatic heterocycles. The van der Waals surface area contributed by atoms with Crippen molar-refractivity contribution in [2.24, 2.45) is 0 Å². The molecule has 0 aliphatic rings. The summed E-state index contributed by atoms with van der Waals surface area (Å²) in [6, 6.07) is 0. The molecule has 0 aromatic rings. The fraction of sp³-hybridized carbons (Fsp3) is 1.00. The summed E-state index contributed by atoms with van der Waals surface area (Å²) in [4.78, 5) is 0. The molecule has 2 atom stereocenters. The van der Waals surface area contributed by atoms with Gasteiger partial charge in [-0.1, -0.05) is 0 Å². The maximum Gasteiger partial charge on any atom is 0.321 e. The van der Waals surface area contributed by atoms with Gasteiger partial charge in [-0.3, -0.25) is 9.13 Å². The van der Waals surface area contributed by atoms with E-state index in [0.717, 1.165) is 0 Å². The van der Waals surface area contributed by atoms with Gasteiger partial charge in [0.05, 0.1) is 0 Å². The lowest BCUT2D eigenvalue weighted by Crippen LogP contribution is -1.93. The Labute approximate surface area is 86.1 Å². The van der Waals surface area contributed by atoms with Crippen LogP contribution in [0.3, 0.4) is 0 Å². The maximum atomic E-state index is 11.2. The Kier molecular flexibility index (Phi) is 6.12. The summed E-state index contributed by atoms with van der Waals surface area (Å²) >= 11 is 10.7. The van der Waals surface area contributed by atoms with E-state index in [1.165, 1.54) is 14.2 Å². The van der Waals surface area contributed by atoms with E-state index in [1.807, 2.05) is 0 Å². The Balaban J connectivity index is 4.25. The molecule has 0 rings (SSSR count). The fourth-order valence-electron chi connectivity index (χ4n) is 0.538. The minimum atomic E-state index is -3.57. The zero-order valence-corrected chi connectivity index (χ0v) is 10.4. The van der Waals surface area contributed by atoms with E-state index in [0.29, 0.717) is 0 Å². The van der Waals surface area contributed by atoms with Crippen LogP contribution < -0.4 is 0 Å². The molecule has 0 radical (unpaired) electrons. The molecule has 0 saturated heterocycles. The zero-order valence-electron chi connectivity index (χ0n) is 7.11. The van der Waals surface area contributed by atoms with Crippen LogP contribution in [-0.2, 0) is 22.9 Å². The molecule has 5 nitrogen and oxygen atoms in total. The molecule has 9 heteroatoms. The van der Waals surface area contributed by atoms with Crippen molar-refractivity contribution in [3.05, 3.63) is 0 Å². The van der Waals surface area contributed by atoms with Gasteiger partial charge in [0.25, 0.3) is 0 Å². The number of hydrogen-bond acceptors (Lipinski definition) is 5. The lowest BCUT2D eigenvalue weighted by atomic mass is 11.5. The van der Waals surface area contributed by atoms with Crippen molar-refractivity contribution < 1.29 is 22.9 Å².